The molecule has 3 rings (SSSR count). The summed E-state index contributed by atoms with van der Waals surface area (Å²) in [4.78, 5) is 0. The third-order valence-electron chi connectivity index (χ3n) is 3.51. The van der Waals surface area contributed by atoms with E-state index in [-0.39, 0.29) is 6.04 Å². The monoisotopic (exact) mass is 228 g/mol. The van der Waals surface area contributed by atoms with Crippen LogP contribution in [0.15, 0.2) is 24.4 Å². The summed E-state index contributed by atoms with van der Waals surface area (Å²) in [5.74, 6) is 0. The van der Waals surface area contributed by atoms with Crippen LogP contribution in [0.5, 0.6) is 0 Å². The Kier molecular flexibility index (Phi) is 2.44. The van der Waals surface area contributed by atoms with Crippen molar-refractivity contribution in [1.82, 2.24) is 15.0 Å². The summed E-state index contributed by atoms with van der Waals surface area (Å²) in [6.07, 6.45) is 3.94. The second kappa shape index (κ2) is 3.96. The molecule has 4 heteroatoms. The van der Waals surface area contributed by atoms with Crippen molar-refractivity contribution in [2.75, 3.05) is 0 Å². The van der Waals surface area contributed by atoms with Gasteiger partial charge in [-0.05, 0) is 30.9 Å². The predicted octanol–water partition coefficient (Wildman–Crippen LogP) is 1.91. The summed E-state index contributed by atoms with van der Waals surface area (Å²) in [7, 11) is 0. The van der Waals surface area contributed by atoms with E-state index in [2.05, 4.69) is 35.4 Å². The summed E-state index contributed by atoms with van der Waals surface area (Å²) in [5, 5.41) is 8.09. The number of hydrogen-bond donors (Lipinski definition) is 1. The molecule has 1 unspecified atom stereocenters. The Morgan fingerprint density at radius 2 is 2.35 bits per heavy atom. The maximum atomic E-state index is 6.10. The van der Waals surface area contributed by atoms with E-state index in [1.807, 2.05) is 10.9 Å². The Bertz CT molecular complexity index is 544. The molecule has 17 heavy (non-hydrogen) atoms. The first kappa shape index (κ1) is 10.5. The maximum Gasteiger partial charge on any atom is 0.0888 e. The highest BCUT2D eigenvalue weighted by Crippen LogP contribution is 2.36. The fraction of sp³-hybridized carbons (Fsp3) is 0.385. The highest BCUT2D eigenvalue weighted by atomic mass is 15.4. The Hall–Kier alpha value is -1.68. The molecule has 1 aliphatic carbocycles. The van der Waals surface area contributed by atoms with Crippen LogP contribution in [0, 0.1) is 0 Å². The summed E-state index contributed by atoms with van der Waals surface area (Å²) in [5.41, 5.74) is 11.1. The van der Waals surface area contributed by atoms with E-state index < -0.39 is 0 Å². The lowest BCUT2D eigenvalue weighted by atomic mass is 10.0. The van der Waals surface area contributed by atoms with E-state index in [4.69, 9.17) is 5.73 Å². The van der Waals surface area contributed by atoms with Gasteiger partial charge < -0.3 is 5.73 Å². The molecule has 1 aromatic heterocycles. The molecule has 2 N–H and O–H groups in total. The highest BCUT2D eigenvalue weighted by Gasteiger charge is 2.23. The average Bonchev–Trinajstić information content (AvgIpc) is 2.96. The van der Waals surface area contributed by atoms with Gasteiger partial charge in [-0.2, -0.15) is 0 Å². The van der Waals surface area contributed by atoms with Gasteiger partial charge in [0.2, 0.25) is 0 Å². The molecule has 0 amide bonds. The molecule has 0 saturated carbocycles. The normalized spacial score (nSPS) is 18.4. The van der Waals surface area contributed by atoms with Crippen molar-refractivity contribution in [3.63, 3.8) is 0 Å². The van der Waals surface area contributed by atoms with E-state index in [1.165, 1.54) is 16.7 Å². The second-order valence-corrected chi connectivity index (χ2v) is 4.45. The maximum absolute atomic E-state index is 6.10. The van der Waals surface area contributed by atoms with E-state index in [0.717, 1.165) is 25.1 Å². The van der Waals surface area contributed by atoms with Crippen LogP contribution in [0.1, 0.15) is 30.5 Å². The Morgan fingerprint density at radius 1 is 1.47 bits per heavy atom. The summed E-state index contributed by atoms with van der Waals surface area (Å²) < 4.78 is 1.93. The van der Waals surface area contributed by atoms with Crippen molar-refractivity contribution in [2.24, 2.45) is 5.73 Å². The van der Waals surface area contributed by atoms with Gasteiger partial charge in [0.15, 0.2) is 0 Å². The Balaban J connectivity index is 2.17. The minimum atomic E-state index is 0.191. The Labute approximate surface area is 100 Å². The predicted molar refractivity (Wildman–Crippen MR) is 66.4 cm³/mol. The lowest BCUT2D eigenvalue weighted by Gasteiger charge is -2.10. The van der Waals surface area contributed by atoms with E-state index >= 15 is 0 Å². The first-order chi connectivity index (χ1) is 8.31. The number of nitrogens with zero attached hydrogens (tertiary/aromatic N) is 3. The zero-order chi connectivity index (χ0) is 11.8. The molecule has 2 aromatic rings. The molecule has 0 radical (unpaired) electrons. The van der Waals surface area contributed by atoms with Gasteiger partial charge in [0, 0.05) is 18.2 Å². The van der Waals surface area contributed by atoms with Gasteiger partial charge in [-0.1, -0.05) is 23.4 Å². The van der Waals surface area contributed by atoms with Crippen LogP contribution in [0.25, 0.3) is 11.3 Å². The molecule has 4 nitrogen and oxygen atoms in total. The van der Waals surface area contributed by atoms with Gasteiger partial charge >= 0.3 is 0 Å². The molecule has 1 atom stereocenters. The fourth-order valence-electron chi connectivity index (χ4n) is 2.63. The number of aromatic nitrogens is 3. The van der Waals surface area contributed by atoms with Crippen LogP contribution in [-0.4, -0.2) is 15.0 Å². The number of aryl methyl sites for hydroxylation is 1. The lowest BCUT2D eigenvalue weighted by molar-refractivity contribution is 0.632. The minimum absolute atomic E-state index is 0.191. The van der Waals surface area contributed by atoms with Crippen molar-refractivity contribution in [3.8, 4) is 11.3 Å². The summed E-state index contributed by atoms with van der Waals surface area (Å²) in [6, 6.07) is 6.54. The molecular formula is C13H16N4. The fourth-order valence-corrected chi connectivity index (χ4v) is 2.63. The van der Waals surface area contributed by atoms with Crippen molar-refractivity contribution in [1.29, 1.82) is 0 Å². The third-order valence-corrected chi connectivity index (χ3v) is 3.51. The topological polar surface area (TPSA) is 56.7 Å². The van der Waals surface area contributed by atoms with Crippen LogP contribution in [0.3, 0.4) is 0 Å². The molecule has 1 aliphatic rings. The first-order valence-corrected chi connectivity index (χ1v) is 6.07. The van der Waals surface area contributed by atoms with Crippen LogP contribution >= 0.6 is 0 Å². The SMILES string of the molecule is CCn1nncc1-c1cccc2c1CCC2N. The molecule has 1 heterocycles. The molecule has 0 saturated heterocycles. The molecule has 0 bridgehead atoms. The van der Waals surface area contributed by atoms with Crippen molar-refractivity contribution >= 4 is 0 Å². The van der Waals surface area contributed by atoms with Crippen LogP contribution in [-0.2, 0) is 13.0 Å². The minimum Gasteiger partial charge on any atom is -0.324 e. The Morgan fingerprint density at radius 3 is 3.18 bits per heavy atom. The largest absolute Gasteiger partial charge is 0.324 e. The van der Waals surface area contributed by atoms with Crippen LogP contribution in [0.2, 0.25) is 0 Å². The standard InChI is InChI=1S/C13H16N4/c1-2-17-13(8-15-16-17)11-5-3-4-10-9(11)6-7-12(10)14/h3-5,8,12H,2,6-7,14H2,1H3. The van der Waals surface area contributed by atoms with Crippen molar-refractivity contribution in [2.45, 2.75) is 32.4 Å². The first-order valence-electron chi connectivity index (χ1n) is 6.07. The van der Waals surface area contributed by atoms with Crippen LogP contribution in [0.4, 0.5) is 0 Å². The molecule has 0 spiro atoms. The van der Waals surface area contributed by atoms with Crippen LogP contribution < -0.4 is 5.73 Å². The van der Waals surface area contributed by atoms with E-state index in [1.54, 1.807) is 0 Å². The smallest absolute Gasteiger partial charge is 0.0888 e. The van der Waals surface area contributed by atoms with Gasteiger partial charge in [-0.25, -0.2) is 4.68 Å². The highest BCUT2D eigenvalue weighted by molar-refractivity contribution is 5.66. The van der Waals surface area contributed by atoms with Gasteiger partial charge in [0.25, 0.3) is 0 Å². The van der Waals surface area contributed by atoms with Gasteiger partial charge in [-0.15, -0.1) is 5.10 Å². The molecule has 1 aromatic carbocycles. The number of hydrogen-bond acceptors (Lipinski definition) is 3. The van der Waals surface area contributed by atoms with Gasteiger partial charge in [-0.3, -0.25) is 0 Å². The van der Waals surface area contributed by atoms with Crippen molar-refractivity contribution in [3.05, 3.63) is 35.5 Å². The van der Waals surface area contributed by atoms with E-state index in [0.29, 0.717) is 0 Å². The summed E-state index contributed by atoms with van der Waals surface area (Å²) in [6.45, 7) is 2.91. The van der Waals surface area contributed by atoms with Gasteiger partial charge in [0.05, 0.1) is 11.9 Å². The van der Waals surface area contributed by atoms with Gasteiger partial charge in [0.1, 0.15) is 0 Å². The quantitative estimate of drug-likeness (QED) is 0.854. The molecule has 0 aliphatic heterocycles. The van der Waals surface area contributed by atoms with Crippen molar-refractivity contribution < 1.29 is 0 Å². The number of nitrogens with two attached hydrogens (primary N) is 1. The lowest BCUT2D eigenvalue weighted by Crippen LogP contribution is -2.05. The number of fused-ring (bicyclic) bond motifs is 1. The molecular weight excluding hydrogens is 212 g/mol. The third kappa shape index (κ3) is 1.56. The molecule has 88 valence electrons. The molecule has 0 fully saturated rings. The van der Waals surface area contributed by atoms with E-state index in [9.17, 15) is 0 Å². The number of benzene rings is 1. The zero-order valence-corrected chi connectivity index (χ0v) is 9.93. The summed E-state index contributed by atoms with van der Waals surface area (Å²) >= 11 is 0. The number of rotatable bonds is 2. The zero-order valence-electron chi connectivity index (χ0n) is 9.93. The second-order valence-electron chi connectivity index (χ2n) is 4.45. The average molecular weight is 228 g/mol.